The Kier molecular flexibility index (Phi) is 4.08. The van der Waals surface area contributed by atoms with E-state index in [1.807, 2.05) is 13.0 Å². The number of hydrogen-bond donors (Lipinski definition) is 2. The van der Waals surface area contributed by atoms with Crippen molar-refractivity contribution in [1.29, 1.82) is 0 Å². The first-order valence-electron chi connectivity index (χ1n) is 6.07. The first-order valence-corrected chi connectivity index (χ1v) is 6.07. The molecule has 0 fully saturated rings. The van der Waals surface area contributed by atoms with E-state index in [1.54, 1.807) is 17.9 Å². The van der Waals surface area contributed by atoms with E-state index in [4.69, 9.17) is 0 Å². The van der Waals surface area contributed by atoms with Gasteiger partial charge in [-0.15, -0.1) is 0 Å². The quantitative estimate of drug-likeness (QED) is 0.602. The molecular weight excluding hydrogens is 262 g/mol. The molecule has 0 atom stereocenters. The van der Waals surface area contributed by atoms with Crippen LogP contribution in [-0.2, 0) is 13.6 Å². The maximum Gasteiger partial charge on any atom is 0.353 e. The molecule has 2 rings (SSSR count). The molecule has 0 saturated heterocycles. The molecule has 0 saturated carbocycles. The van der Waals surface area contributed by atoms with E-state index < -0.39 is 4.92 Å². The lowest BCUT2D eigenvalue weighted by Crippen LogP contribution is -2.11. The zero-order valence-corrected chi connectivity index (χ0v) is 11.2. The summed E-state index contributed by atoms with van der Waals surface area (Å²) in [4.78, 5) is 18.5. The molecule has 20 heavy (non-hydrogen) atoms. The van der Waals surface area contributed by atoms with Gasteiger partial charge in [0.2, 0.25) is 11.6 Å². The molecule has 106 valence electrons. The van der Waals surface area contributed by atoms with Gasteiger partial charge in [0.05, 0.1) is 17.2 Å². The average molecular weight is 277 g/mol. The Morgan fingerprint density at radius 2 is 2.05 bits per heavy atom. The molecule has 2 aromatic heterocycles. The lowest BCUT2D eigenvalue weighted by Gasteiger charge is -2.09. The van der Waals surface area contributed by atoms with Crippen molar-refractivity contribution >= 4 is 17.3 Å². The van der Waals surface area contributed by atoms with Crippen molar-refractivity contribution in [2.24, 2.45) is 7.05 Å². The number of nitro groups is 1. The van der Waals surface area contributed by atoms with Gasteiger partial charge in [0.25, 0.3) is 0 Å². The predicted molar refractivity (Wildman–Crippen MR) is 73.4 cm³/mol. The summed E-state index contributed by atoms with van der Waals surface area (Å²) in [5.41, 5.74) is 0.736. The molecule has 2 N–H and O–H groups in total. The number of nitrogens with one attached hydrogen (secondary N) is 2. The summed E-state index contributed by atoms with van der Waals surface area (Å²) in [7, 11) is 1.80. The van der Waals surface area contributed by atoms with Crippen molar-refractivity contribution in [3.63, 3.8) is 0 Å². The molecule has 2 aromatic rings. The number of anilines is 2. The normalized spacial score (nSPS) is 10.3. The number of aryl methyl sites for hydroxylation is 1. The largest absolute Gasteiger partial charge is 0.364 e. The highest BCUT2D eigenvalue weighted by Gasteiger charge is 2.22. The number of nitrogens with zero attached hydrogens (tertiary/aromatic N) is 5. The van der Waals surface area contributed by atoms with Gasteiger partial charge in [0, 0.05) is 19.8 Å². The summed E-state index contributed by atoms with van der Waals surface area (Å²) in [5, 5.41) is 21.0. The van der Waals surface area contributed by atoms with Crippen LogP contribution in [0.2, 0.25) is 0 Å². The van der Waals surface area contributed by atoms with Gasteiger partial charge in [0.1, 0.15) is 6.33 Å². The summed E-state index contributed by atoms with van der Waals surface area (Å²) >= 11 is 0. The van der Waals surface area contributed by atoms with E-state index in [9.17, 15) is 10.1 Å². The van der Waals surface area contributed by atoms with Gasteiger partial charge in [-0.1, -0.05) is 0 Å². The van der Waals surface area contributed by atoms with Gasteiger partial charge in [-0.3, -0.25) is 14.8 Å². The summed E-state index contributed by atoms with van der Waals surface area (Å²) in [6.07, 6.45) is 2.95. The smallest absolute Gasteiger partial charge is 0.353 e. The minimum absolute atomic E-state index is 0.156. The van der Waals surface area contributed by atoms with Crippen LogP contribution in [0.15, 0.2) is 18.6 Å². The second-order valence-electron chi connectivity index (χ2n) is 4.01. The fourth-order valence-corrected chi connectivity index (χ4v) is 1.73. The van der Waals surface area contributed by atoms with Crippen LogP contribution >= 0.6 is 0 Å². The fourth-order valence-electron chi connectivity index (χ4n) is 1.73. The maximum absolute atomic E-state index is 11.2. The highest BCUT2D eigenvalue weighted by atomic mass is 16.6. The van der Waals surface area contributed by atoms with E-state index in [2.05, 4.69) is 25.7 Å². The van der Waals surface area contributed by atoms with Crippen LogP contribution < -0.4 is 10.6 Å². The predicted octanol–water partition coefficient (Wildman–Crippen LogP) is 1.16. The fraction of sp³-hybridized carbons (Fsp3) is 0.364. The van der Waals surface area contributed by atoms with Crippen molar-refractivity contribution in [2.45, 2.75) is 13.5 Å². The van der Waals surface area contributed by atoms with Gasteiger partial charge in [-0.25, -0.2) is 9.97 Å². The van der Waals surface area contributed by atoms with Gasteiger partial charge < -0.3 is 10.6 Å². The van der Waals surface area contributed by atoms with E-state index in [1.165, 1.54) is 6.33 Å². The molecule has 0 unspecified atom stereocenters. The Balaban J connectivity index is 2.24. The number of hydrogen-bond acceptors (Lipinski definition) is 7. The maximum atomic E-state index is 11.2. The third-order valence-electron chi connectivity index (χ3n) is 2.71. The van der Waals surface area contributed by atoms with Crippen molar-refractivity contribution < 1.29 is 4.92 Å². The van der Waals surface area contributed by atoms with Crippen LogP contribution in [0.4, 0.5) is 17.3 Å². The summed E-state index contributed by atoms with van der Waals surface area (Å²) in [6.45, 7) is 2.77. The van der Waals surface area contributed by atoms with Gasteiger partial charge in [-0.2, -0.15) is 5.10 Å². The monoisotopic (exact) mass is 277 g/mol. The van der Waals surface area contributed by atoms with Gasteiger partial charge >= 0.3 is 5.69 Å². The minimum Gasteiger partial charge on any atom is -0.364 e. The molecule has 2 heterocycles. The van der Waals surface area contributed by atoms with Crippen LogP contribution in [0, 0.1) is 10.1 Å². The second-order valence-corrected chi connectivity index (χ2v) is 4.01. The van der Waals surface area contributed by atoms with Crippen molar-refractivity contribution in [2.75, 3.05) is 17.2 Å². The lowest BCUT2D eigenvalue weighted by atomic mass is 10.4. The Bertz CT molecular complexity index is 611. The number of rotatable bonds is 6. The average Bonchev–Trinajstić information content (AvgIpc) is 2.82. The van der Waals surface area contributed by atoms with Crippen LogP contribution in [0.3, 0.4) is 0 Å². The second kappa shape index (κ2) is 5.95. The minimum atomic E-state index is -0.496. The number of aromatic nitrogens is 4. The third-order valence-corrected chi connectivity index (χ3v) is 2.71. The van der Waals surface area contributed by atoms with Crippen LogP contribution in [0.5, 0.6) is 0 Å². The molecule has 0 aliphatic carbocycles. The molecule has 0 spiro atoms. The highest BCUT2D eigenvalue weighted by Crippen LogP contribution is 2.28. The van der Waals surface area contributed by atoms with Crippen LogP contribution in [0.1, 0.15) is 12.6 Å². The zero-order chi connectivity index (χ0) is 14.5. The molecule has 0 bridgehead atoms. The van der Waals surface area contributed by atoms with E-state index in [0.717, 1.165) is 5.69 Å². The van der Waals surface area contributed by atoms with E-state index in [-0.39, 0.29) is 17.3 Å². The molecule has 9 nitrogen and oxygen atoms in total. The topological polar surface area (TPSA) is 111 Å². The lowest BCUT2D eigenvalue weighted by molar-refractivity contribution is -0.383. The van der Waals surface area contributed by atoms with E-state index >= 15 is 0 Å². The van der Waals surface area contributed by atoms with Gasteiger partial charge in [0.15, 0.2) is 0 Å². The standard InChI is InChI=1S/C11H15N7O2/c1-3-12-10-9(18(19)20)11(15-7-14-10)13-6-8-4-5-16-17(8)2/h4-5,7H,3,6H2,1-2H3,(H2,12,13,14,15). The SMILES string of the molecule is CCNc1ncnc(NCc2ccnn2C)c1[N+](=O)[O-]. The summed E-state index contributed by atoms with van der Waals surface area (Å²) in [6, 6.07) is 1.82. The molecule has 0 aliphatic rings. The Morgan fingerprint density at radius 3 is 2.60 bits per heavy atom. The molecule has 0 aromatic carbocycles. The van der Waals surface area contributed by atoms with Crippen molar-refractivity contribution in [1.82, 2.24) is 19.7 Å². The van der Waals surface area contributed by atoms with Crippen molar-refractivity contribution in [3.05, 3.63) is 34.4 Å². The molecule has 9 heteroatoms. The van der Waals surface area contributed by atoms with Crippen LogP contribution in [-0.4, -0.2) is 31.2 Å². The third kappa shape index (κ3) is 2.82. The Labute approximate surface area is 115 Å². The first kappa shape index (κ1) is 13.7. The van der Waals surface area contributed by atoms with Crippen molar-refractivity contribution in [3.8, 4) is 0 Å². The molecular formula is C11H15N7O2. The van der Waals surface area contributed by atoms with E-state index in [0.29, 0.717) is 13.1 Å². The summed E-state index contributed by atoms with van der Waals surface area (Å²) in [5.74, 6) is 0.391. The molecule has 0 radical (unpaired) electrons. The van der Waals surface area contributed by atoms with Gasteiger partial charge in [-0.05, 0) is 13.0 Å². The van der Waals surface area contributed by atoms with Crippen LogP contribution in [0.25, 0.3) is 0 Å². The summed E-state index contributed by atoms with van der Waals surface area (Å²) < 4.78 is 1.69. The Morgan fingerprint density at radius 1 is 1.35 bits per heavy atom. The Hall–Kier alpha value is -2.71. The molecule has 0 amide bonds. The molecule has 0 aliphatic heterocycles. The zero-order valence-electron chi connectivity index (χ0n) is 11.2. The first-order chi connectivity index (χ1) is 9.63. The highest BCUT2D eigenvalue weighted by molar-refractivity contribution is 5.69.